The van der Waals surface area contributed by atoms with E-state index >= 15 is 0 Å². The van der Waals surface area contributed by atoms with Gasteiger partial charge in [-0.1, -0.05) is 34.5 Å². The molecule has 6 heteroatoms. The van der Waals surface area contributed by atoms with E-state index in [9.17, 15) is 4.79 Å². The summed E-state index contributed by atoms with van der Waals surface area (Å²) in [7, 11) is 1.81. The van der Waals surface area contributed by atoms with E-state index in [-0.39, 0.29) is 11.8 Å². The minimum absolute atomic E-state index is 0.145. The lowest BCUT2D eigenvalue weighted by molar-refractivity contribution is -0.126. The van der Waals surface area contributed by atoms with E-state index in [0.29, 0.717) is 12.1 Å². The van der Waals surface area contributed by atoms with Crippen LogP contribution in [0.3, 0.4) is 0 Å². The summed E-state index contributed by atoms with van der Waals surface area (Å²) in [5.74, 6) is 1.24. The number of halogens is 1. The van der Waals surface area contributed by atoms with Crippen LogP contribution in [0, 0.1) is 5.92 Å². The van der Waals surface area contributed by atoms with Crippen LogP contribution in [0.25, 0.3) is 0 Å². The molecular formula is C21H31BrN4O. The van der Waals surface area contributed by atoms with Gasteiger partial charge in [-0.15, -0.1) is 0 Å². The third-order valence-corrected chi connectivity index (χ3v) is 5.85. The standard InChI is InChI=1S/C21H31BrN4O/c1-23-21(24-12-4-6-15-5-2-8-17(22)13-15)26-19-9-3-7-16(14-19)20(27)25-18-10-11-18/h2,5,8,13,16,18-19H,3-4,6-7,9-12,14H2,1H3,(H,25,27)(H2,23,24,26). The number of hydrogen-bond donors (Lipinski definition) is 3. The lowest BCUT2D eigenvalue weighted by Gasteiger charge is -2.30. The Morgan fingerprint density at radius 2 is 2.04 bits per heavy atom. The number of amides is 1. The second kappa shape index (κ2) is 10.1. The van der Waals surface area contributed by atoms with Crippen molar-refractivity contribution in [2.75, 3.05) is 13.6 Å². The molecule has 3 N–H and O–H groups in total. The summed E-state index contributed by atoms with van der Waals surface area (Å²) in [5, 5.41) is 10.1. The normalized spacial score (nSPS) is 23.0. The first-order chi connectivity index (χ1) is 13.1. The summed E-state index contributed by atoms with van der Waals surface area (Å²) in [4.78, 5) is 16.7. The van der Waals surface area contributed by atoms with E-state index in [1.54, 1.807) is 0 Å². The maximum Gasteiger partial charge on any atom is 0.223 e. The number of carbonyl (C=O) groups is 1. The lowest BCUT2D eigenvalue weighted by Crippen LogP contribution is -2.47. The van der Waals surface area contributed by atoms with Crippen LogP contribution in [0.1, 0.15) is 50.5 Å². The Kier molecular flexibility index (Phi) is 7.56. The highest BCUT2D eigenvalue weighted by Crippen LogP contribution is 2.26. The van der Waals surface area contributed by atoms with Gasteiger partial charge in [0.05, 0.1) is 0 Å². The molecule has 2 fully saturated rings. The first-order valence-electron chi connectivity index (χ1n) is 10.2. The van der Waals surface area contributed by atoms with Crippen molar-refractivity contribution >= 4 is 27.8 Å². The number of carbonyl (C=O) groups excluding carboxylic acids is 1. The van der Waals surface area contributed by atoms with E-state index in [0.717, 1.165) is 68.3 Å². The van der Waals surface area contributed by atoms with Gasteiger partial charge in [-0.25, -0.2) is 0 Å². The van der Waals surface area contributed by atoms with Crippen LogP contribution < -0.4 is 16.0 Å². The number of rotatable bonds is 7. The van der Waals surface area contributed by atoms with Crippen molar-refractivity contribution in [3.8, 4) is 0 Å². The molecule has 2 atom stereocenters. The molecule has 0 aliphatic heterocycles. The van der Waals surface area contributed by atoms with Gasteiger partial charge in [-0.3, -0.25) is 9.79 Å². The molecule has 0 saturated heterocycles. The highest BCUT2D eigenvalue weighted by molar-refractivity contribution is 9.10. The van der Waals surface area contributed by atoms with Crippen molar-refractivity contribution in [3.05, 3.63) is 34.3 Å². The molecule has 2 aliphatic rings. The van der Waals surface area contributed by atoms with Gasteiger partial charge in [0.1, 0.15) is 0 Å². The first-order valence-corrected chi connectivity index (χ1v) is 11.0. The topological polar surface area (TPSA) is 65.5 Å². The molecule has 27 heavy (non-hydrogen) atoms. The highest BCUT2D eigenvalue weighted by atomic mass is 79.9. The molecular weight excluding hydrogens is 404 g/mol. The molecule has 0 radical (unpaired) electrons. The van der Waals surface area contributed by atoms with Gasteiger partial charge < -0.3 is 16.0 Å². The van der Waals surface area contributed by atoms with E-state index in [2.05, 4.69) is 61.1 Å². The van der Waals surface area contributed by atoms with Crippen LogP contribution >= 0.6 is 15.9 Å². The summed E-state index contributed by atoms with van der Waals surface area (Å²) < 4.78 is 1.13. The zero-order valence-corrected chi connectivity index (χ0v) is 17.7. The molecule has 0 heterocycles. The van der Waals surface area contributed by atoms with Crippen LogP contribution in [0.2, 0.25) is 0 Å². The Morgan fingerprint density at radius 1 is 1.19 bits per heavy atom. The highest BCUT2D eigenvalue weighted by Gasteiger charge is 2.31. The Balaban J connectivity index is 1.38. The SMILES string of the molecule is CN=C(NCCCc1cccc(Br)c1)NC1CCCC(C(=O)NC2CC2)C1. The number of aliphatic imine (C=N–C) groups is 1. The smallest absolute Gasteiger partial charge is 0.223 e. The first kappa shape index (κ1) is 20.2. The van der Waals surface area contributed by atoms with Crippen molar-refractivity contribution in [1.82, 2.24) is 16.0 Å². The van der Waals surface area contributed by atoms with Crippen LogP contribution in [-0.2, 0) is 11.2 Å². The number of aryl methyl sites for hydroxylation is 1. The summed E-state index contributed by atoms with van der Waals surface area (Å²) in [5.41, 5.74) is 1.34. The molecule has 2 saturated carbocycles. The number of guanidine groups is 1. The maximum atomic E-state index is 12.3. The van der Waals surface area contributed by atoms with Crippen molar-refractivity contribution in [2.45, 2.75) is 63.5 Å². The fourth-order valence-corrected chi connectivity index (χ4v) is 4.13. The molecule has 0 bridgehead atoms. The van der Waals surface area contributed by atoms with Crippen molar-refractivity contribution in [3.63, 3.8) is 0 Å². The van der Waals surface area contributed by atoms with Gasteiger partial charge in [-0.2, -0.15) is 0 Å². The third kappa shape index (κ3) is 6.83. The maximum absolute atomic E-state index is 12.3. The molecule has 1 amide bonds. The van der Waals surface area contributed by atoms with E-state index in [1.807, 2.05) is 7.05 Å². The largest absolute Gasteiger partial charge is 0.356 e. The predicted octanol–water partition coefficient (Wildman–Crippen LogP) is 3.38. The van der Waals surface area contributed by atoms with Crippen LogP contribution in [-0.4, -0.2) is 37.5 Å². The van der Waals surface area contributed by atoms with Gasteiger partial charge >= 0.3 is 0 Å². The zero-order chi connectivity index (χ0) is 19.1. The molecule has 3 rings (SSSR count). The molecule has 2 unspecified atom stereocenters. The third-order valence-electron chi connectivity index (χ3n) is 5.36. The van der Waals surface area contributed by atoms with Gasteiger partial charge in [-0.05, 0) is 62.6 Å². The lowest BCUT2D eigenvalue weighted by atomic mass is 9.85. The minimum Gasteiger partial charge on any atom is -0.356 e. The Morgan fingerprint density at radius 3 is 2.78 bits per heavy atom. The summed E-state index contributed by atoms with van der Waals surface area (Å²) in [6.45, 7) is 0.879. The van der Waals surface area contributed by atoms with Gasteiger partial charge in [0.25, 0.3) is 0 Å². The van der Waals surface area contributed by atoms with Gasteiger partial charge in [0.2, 0.25) is 5.91 Å². The molecule has 5 nitrogen and oxygen atoms in total. The second-order valence-corrected chi connectivity index (χ2v) is 8.64. The Hall–Kier alpha value is -1.56. The van der Waals surface area contributed by atoms with Crippen LogP contribution in [0.5, 0.6) is 0 Å². The quantitative estimate of drug-likeness (QED) is 0.350. The molecule has 0 spiro atoms. The zero-order valence-electron chi connectivity index (χ0n) is 16.1. The van der Waals surface area contributed by atoms with E-state index < -0.39 is 0 Å². The Labute approximate surface area is 170 Å². The van der Waals surface area contributed by atoms with E-state index in [4.69, 9.17) is 0 Å². The Bertz CT molecular complexity index is 659. The predicted molar refractivity (Wildman–Crippen MR) is 114 cm³/mol. The fourth-order valence-electron chi connectivity index (χ4n) is 3.69. The van der Waals surface area contributed by atoms with Crippen molar-refractivity contribution in [1.29, 1.82) is 0 Å². The summed E-state index contributed by atoms with van der Waals surface area (Å²) >= 11 is 3.52. The van der Waals surface area contributed by atoms with Gasteiger partial charge in [0, 0.05) is 36.1 Å². The molecule has 1 aromatic rings. The average Bonchev–Trinajstić information content (AvgIpc) is 3.48. The van der Waals surface area contributed by atoms with E-state index in [1.165, 1.54) is 5.56 Å². The number of hydrogen-bond acceptors (Lipinski definition) is 2. The van der Waals surface area contributed by atoms with Crippen LogP contribution in [0.15, 0.2) is 33.7 Å². The summed E-state index contributed by atoms with van der Waals surface area (Å²) in [6.07, 6.45) is 8.50. The molecule has 2 aliphatic carbocycles. The molecule has 0 aromatic heterocycles. The average molecular weight is 435 g/mol. The molecule has 148 valence electrons. The summed E-state index contributed by atoms with van der Waals surface area (Å²) in [6, 6.07) is 9.23. The number of benzene rings is 1. The van der Waals surface area contributed by atoms with Crippen molar-refractivity contribution in [2.24, 2.45) is 10.9 Å². The molecule has 1 aromatic carbocycles. The monoisotopic (exact) mass is 434 g/mol. The van der Waals surface area contributed by atoms with Crippen molar-refractivity contribution < 1.29 is 4.79 Å². The number of nitrogens with one attached hydrogen (secondary N) is 3. The van der Waals surface area contributed by atoms with Crippen LogP contribution in [0.4, 0.5) is 0 Å². The second-order valence-electron chi connectivity index (χ2n) is 7.72. The fraction of sp³-hybridized carbons (Fsp3) is 0.619. The number of nitrogens with zero attached hydrogens (tertiary/aromatic N) is 1. The van der Waals surface area contributed by atoms with Gasteiger partial charge in [0.15, 0.2) is 5.96 Å². The minimum atomic E-state index is 0.145.